The minimum Gasteiger partial charge on any atom is -0.452 e. The summed E-state index contributed by atoms with van der Waals surface area (Å²) < 4.78 is 5.27. The fraction of sp³-hybridized carbons (Fsp3) is 0.375. The van der Waals surface area contributed by atoms with Crippen molar-refractivity contribution in [2.45, 2.75) is 32.2 Å². The van der Waals surface area contributed by atoms with Crippen LogP contribution in [0.25, 0.3) is 0 Å². The van der Waals surface area contributed by atoms with E-state index in [9.17, 15) is 14.4 Å². The van der Waals surface area contributed by atoms with Crippen LogP contribution in [0.4, 0.5) is 0 Å². The molecule has 0 aromatic heterocycles. The van der Waals surface area contributed by atoms with Crippen molar-refractivity contribution in [3.63, 3.8) is 0 Å². The number of esters is 1. The smallest absolute Gasteiger partial charge is 0.339 e. The molecule has 3 rings (SSSR count). The quantitative estimate of drug-likeness (QED) is 0.686. The van der Waals surface area contributed by atoms with Gasteiger partial charge in [0.2, 0.25) is 0 Å². The van der Waals surface area contributed by atoms with Crippen LogP contribution in [-0.4, -0.2) is 54.3 Å². The predicted octanol–water partition coefficient (Wildman–Crippen LogP) is 3.52. The Morgan fingerprint density at radius 1 is 0.867 bits per heavy atom. The highest BCUT2D eigenvalue weighted by Gasteiger charge is 2.22. The van der Waals surface area contributed by atoms with E-state index < -0.39 is 5.97 Å². The summed E-state index contributed by atoms with van der Waals surface area (Å²) in [6.07, 6.45) is 4.20. The van der Waals surface area contributed by atoms with Gasteiger partial charge in [-0.05, 0) is 30.5 Å². The maximum atomic E-state index is 12.9. The lowest BCUT2D eigenvalue weighted by Gasteiger charge is -2.21. The third-order valence-corrected chi connectivity index (χ3v) is 5.27. The van der Waals surface area contributed by atoms with E-state index in [1.165, 1.54) is 0 Å². The van der Waals surface area contributed by atoms with Crippen LogP contribution in [-0.2, 0) is 16.1 Å². The molecule has 6 nitrogen and oxygen atoms in total. The number of carbonyl (C=O) groups excluding carboxylic acids is 3. The molecule has 0 saturated carbocycles. The van der Waals surface area contributed by atoms with Crippen LogP contribution >= 0.6 is 0 Å². The number of hydrogen-bond donors (Lipinski definition) is 0. The Hall–Kier alpha value is -3.15. The van der Waals surface area contributed by atoms with Crippen LogP contribution < -0.4 is 0 Å². The zero-order valence-electron chi connectivity index (χ0n) is 17.4. The van der Waals surface area contributed by atoms with Gasteiger partial charge in [-0.15, -0.1) is 0 Å². The van der Waals surface area contributed by atoms with Gasteiger partial charge in [0.05, 0.1) is 11.1 Å². The van der Waals surface area contributed by atoms with Gasteiger partial charge in [0, 0.05) is 26.7 Å². The molecule has 158 valence electrons. The number of hydrogen-bond acceptors (Lipinski definition) is 4. The van der Waals surface area contributed by atoms with E-state index in [2.05, 4.69) is 0 Å². The average Bonchev–Trinajstić information content (AvgIpc) is 3.07. The zero-order chi connectivity index (χ0) is 21.3. The molecule has 2 amide bonds. The van der Waals surface area contributed by atoms with E-state index in [0.717, 1.165) is 31.2 Å². The molecule has 0 atom stereocenters. The highest BCUT2D eigenvalue weighted by Crippen LogP contribution is 2.15. The molecule has 1 fully saturated rings. The second kappa shape index (κ2) is 10.6. The highest BCUT2D eigenvalue weighted by molar-refractivity contribution is 6.05. The SMILES string of the molecule is CN(Cc1ccccc1)C(=O)c1ccccc1C(=O)OCC(=O)N1CCCCCC1. The molecule has 2 aromatic rings. The lowest BCUT2D eigenvalue weighted by Crippen LogP contribution is -2.35. The van der Waals surface area contributed by atoms with E-state index in [1.54, 1.807) is 41.1 Å². The topological polar surface area (TPSA) is 66.9 Å². The molecule has 0 N–H and O–H groups in total. The monoisotopic (exact) mass is 408 g/mol. The first-order valence-corrected chi connectivity index (χ1v) is 10.4. The average molecular weight is 408 g/mol. The third-order valence-electron chi connectivity index (χ3n) is 5.27. The van der Waals surface area contributed by atoms with E-state index in [-0.39, 0.29) is 29.5 Å². The highest BCUT2D eigenvalue weighted by atomic mass is 16.5. The maximum absolute atomic E-state index is 12.9. The molecule has 0 unspecified atom stereocenters. The molecule has 0 spiro atoms. The molecular formula is C24H28N2O4. The number of amides is 2. The van der Waals surface area contributed by atoms with Crippen molar-refractivity contribution in [1.29, 1.82) is 0 Å². The standard InChI is InChI=1S/C24H28N2O4/c1-25(17-19-11-5-4-6-12-19)23(28)20-13-7-8-14-21(20)24(29)30-18-22(27)26-15-9-2-3-10-16-26/h4-8,11-14H,2-3,9-10,15-18H2,1H3. The Morgan fingerprint density at radius 3 is 2.13 bits per heavy atom. The van der Waals surface area contributed by atoms with Gasteiger partial charge < -0.3 is 14.5 Å². The molecule has 1 aliphatic heterocycles. The van der Waals surface area contributed by atoms with Crippen molar-refractivity contribution in [3.05, 3.63) is 71.3 Å². The zero-order valence-corrected chi connectivity index (χ0v) is 17.4. The van der Waals surface area contributed by atoms with Crippen molar-refractivity contribution >= 4 is 17.8 Å². The lowest BCUT2D eigenvalue weighted by atomic mass is 10.1. The minimum absolute atomic E-state index is 0.172. The summed E-state index contributed by atoms with van der Waals surface area (Å²) in [5.74, 6) is -1.12. The normalized spacial score (nSPS) is 14.0. The summed E-state index contributed by atoms with van der Waals surface area (Å²) in [4.78, 5) is 41.3. The summed E-state index contributed by atoms with van der Waals surface area (Å²) >= 11 is 0. The van der Waals surface area contributed by atoms with Gasteiger partial charge in [0.15, 0.2) is 6.61 Å². The van der Waals surface area contributed by atoms with Gasteiger partial charge in [-0.25, -0.2) is 4.79 Å². The second-order valence-electron chi connectivity index (χ2n) is 7.56. The number of carbonyl (C=O) groups is 3. The molecule has 1 heterocycles. The van der Waals surface area contributed by atoms with Crippen LogP contribution in [0, 0.1) is 0 Å². The minimum atomic E-state index is -0.657. The molecular weight excluding hydrogens is 380 g/mol. The Kier molecular flexibility index (Phi) is 7.60. The molecule has 6 heteroatoms. The summed E-state index contributed by atoms with van der Waals surface area (Å²) in [7, 11) is 1.69. The third kappa shape index (κ3) is 5.69. The number of rotatable bonds is 6. The molecule has 2 aromatic carbocycles. The van der Waals surface area contributed by atoms with Crippen LogP contribution in [0.15, 0.2) is 54.6 Å². The van der Waals surface area contributed by atoms with Crippen molar-refractivity contribution in [2.75, 3.05) is 26.7 Å². The van der Waals surface area contributed by atoms with Gasteiger partial charge in [0.25, 0.3) is 11.8 Å². The number of likely N-dealkylation sites (tertiary alicyclic amines) is 1. The van der Waals surface area contributed by atoms with Gasteiger partial charge in [0.1, 0.15) is 0 Å². The van der Waals surface area contributed by atoms with Gasteiger partial charge in [-0.2, -0.15) is 0 Å². The van der Waals surface area contributed by atoms with Crippen LogP contribution in [0.2, 0.25) is 0 Å². The predicted molar refractivity (Wildman–Crippen MR) is 114 cm³/mol. The van der Waals surface area contributed by atoms with E-state index in [0.29, 0.717) is 19.6 Å². The number of benzene rings is 2. The summed E-state index contributed by atoms with van der Waals surface area (Å²) in [6, 6.07) is 16.2. The van der Waals surface area contributed by atoms with E-state index in [1.807, 2.05) is 30.3 Å². The van der Waals surface area contributed by atoms with Gasteiger partial charge in [-0.1, -0.05) is 55.3 Å². The summed E-state index contributed by atoms with van der Waals surface area (Å²) in [5.41, 5.74) is 1.44. The largest absolute Gasteiger partial charge is 0.452 e. The summed E-state index contributed by atoms with van der Waals surface area (Å²) in [5, 5.41) is 0. The van der Waals surface area contributed by atoms with Crippen molar-refractivity contribution < 1.29 is 19.1 Å². The van der Waals surface area contributed by atoms with Gasteiger partial charge >= 0.3 is 5.97 Å². The lowest BCUT2D eigenvalue weighted by molar-refractivity contribution is -0.134. The Bertz CT molecular complexity index is 874. The van der Waals surface area contributed by atoms with Crippen molar-refractivity contribution in [1.82, 2.24) is 9.80 Å². The number of ether oxygens (including phenoxy) is 1. The van der Waals surface area contributed by atoms with Crippen LogP contribution in [0.3, 0.4) is 0 Å². The molecule has 0 bridgehead atoms. The first kappa shape index (κ1) is 21.6. The molecule has 1 aliphatic rings. The summed E-state index contributed by atoms with van der Waals surface area (Å²) in [6.45, 7) is 1.53. The molecule has 30 heavy (non-hydrogen) atoms. The van der Waals surface area contributed by atoms with Gasteiger partial charge in [-0.3, -0.25) is 9.59 Å². The molecule has 1 saturated heterocycles. The molecule has 0 aliphatic carbocycles. The molecule has 0 radical (unpaired) electrons. The first-order valence-electron chi connectivity index (χ1n) is 10.4. The Balaban J connectivity index is 1.64. The van der Waals surface area contributed by atoms with Crippen molar-refractivity contribution in [3.8, 4) is 0 Å². The Morgan fingerprint density at radius 2 is 1.47 bits per heavy atom. The van der Waals surface area contributed by atoms with Crippen molar-refractivity contribution in [2.24, 2.45) is 0 Å². The fourth-order valence-electron chi connectivity index (χ4n) is 3.60. The van der Waals surface area contributed by atoms with Crippen LogP contribution in [0.1, 0.15) is 52.0 Å². The first-order chi connectivity index (χ1) is 14.6. The Labute approximate surface area is 177 Å². The maximum Gasteiger partial charge on any atom is 0.339 e. The van der Waals surface area contributed by atoms with Crippen LogP contribution in [0.5, 0.6) is 0 Å². The van der Waals surface area contributed by atoms with E-state index >= 15 is 0 Å². The second-order valence-corrected chi connectivity index (χ2v) is 7.56. The van der Waals surface area contributed by atoms with E-state index in [4.69, 9.17) is 4.74 Å². The number of nitrogens with zero attached hydrogens (tertiary/aromatic N) is 2. The fourth-order valence-corrected chi connectivity index (χ4v) is 3.60.